The van der Waals surface area contributed by atoms with Gasteiger partial charge in [-0.25, -0.2) is 0 Å². The van der Waals surface area contributed by atoms with Gasteiger partial charge in [0.2, 0.25) is 0 Å². The van der Waals surface area contributed by atoms with E-state index in [-0.39, 0.29) is 0 Å². The molecule has 0 saturated carbocycles. The van der Waals surface area contributed by atoms with Crippen molar-refractivity contribution < 1.29 is 5.11 Å². The van der Waals surface area contributed by atoms with Gasteiger partial charge in [-0.15, -0.1) is 0 Å². The van der Waals surface area contributed by atoms with E-state index in [9.17, 15) is 5.11 Å². The van der Waals surface area contributed by atoms with Crippen LogP contribution in [0.15, 0.2) is 109 Å². The van der Waals surface area contributed by atoms with E-state index >= 15 is 0 Å². The zero-order valence-corrected chi connectivity index (χ0v) is 14.4. The average molecular weight is 336 g/mol. The van der Waals surface area contributed by atoms with Gasteiger partial charge in [-0.05, 0) is 39.4 Å². The Labute approximate surface area is 154 Å². The highest BCUT2D eigenvalue weighted by Gasteiger charge is 2.11. The van der Waals surface area contributed by atoms with Gasteiger partial charge in [0.15, 0.2) is 0 Å². The third kappa shape index (κ3) is 3.44. The fourth-order valence-corrected chi connectivity index (χ4v) is 3.20. The van der Waals surface area contributed by atoms with Crippen LogP contribution in [0, 0.1) is 0 Å². The second-order valence-corrected chi connectivity index (χ2v) is 6.38. The summed E-state index contributed by atoms with van der Waals surface area (Å²) >= 11 is 0. The van der Waals surface area contributed by atoms with Gasteiger partial charge in [-0.1, -0.05) is 103 Å². The Kier molecular flexibility index (Phi) is 4.63. The third-order valence-corrected chi connectivity index (χ3v) is 4.64. The molecule has 0 aliphatic rings. The zero-order valence-electron chi connectivity index (χ0n) is 14.4. The fraction of sp³-hybridized carbons (Fsp3) is 0.0400. The van der Waals surface area contributed by atoms with E-state index in [1.807, 2.05) is 60.7 Å². The molecular formula is C25H20O. The number of hydrogen-bond acceptors (Lipinski definition) is 1. The minimum absolute atomic E-state index is 0.636. The van der Waals surface area contributed by atoms with E-state index in [1.54, 1.807) is 0 Å². The Morgan fingerprint density at radius 2 is 0.923 bits per heavy atom. The molecule has 1 unspecified atom stereocenters. The number of hydrogen-bond donors (Lipinski definition) is 1. The van der Waals surface area contributed by atoms with Gasteiger partial charge in [0.1, 0.15) is 6.10 Å². The maximum Gasteiger partial charge on any atom is 0.104 e. The zero-order chi connectivity index (χ0) is 17.8. The van der Waals surface area contributed by atoms with Crippen molar-refractivity contribution in [3.05, 3.63) is 120 Å². The molecule has 4 rings (SSSR count). The number of rotatable bonds is 4. The Morgan fingerprint density at radius 3 is 1.54 bits per heavy atom. The van der Waals surface area contributed by atoms with Crippen LogP contribution in [-0.2, 0) is 0 Å². The Balaban J connectivity index is 1.61. The molecule has 0 bridgehead atoms. The Hall–Kier alpha value is -3.16. The summed E-state index contributed by atoms with van der Waals surface area (Å²) < 4.78 is 0. The summed E-state index contributed by atoms with van der Waals surface area (Å²) in [6.45, 7) is 0. The first kappa shape index (κ1) is 16.3. The van der Waals surface area contributed by atoms with Crippen LogP contribution in [0.5, 0.6) is 0 Å². The predicted octanol–water partition coefficient (Wildman–Crippen LogP) is 6.10. The molecule has 0 spiro atoms. The van der Waals surface area contributed by atoms with E-state index in [0.717, 1.165) is 27.8 Å². The van der Waals surface area contributed by atoms with Crippen LogP contribution in [0.3, 0.4) is 0 Å². The normalized spacial score (nSPS) is 11.9. The van der Waals surface area contributed by atoms with Crippen LogP contribution in [0.25, 0.3) is 22.3 Å². The molecule has 4 aromatic carbocycles. The summed E-state index contributed by atoms with van der Waals surface area (Å²) in [4.78, 5) is 0. The first-order chi connectivity index (χ1) is 12.8. The molecule has 0 aromatic heterocycles. The summed E-state index contributed by atoms with van der Waals surface area (Å²) in [5, 5.41) is 10.8. The molecule has 1 N–H and O–H groups in total. The first-order valence-corrected chi connectivity index (χ1v) is 8.80. The van der Waals surface area contributed by atoms with E-state index < -0.39 is 6.10 Å². The monoisotopic (exact) mass is 336 g/mol. The van der Waals surface area contributed by atoms with Crippen LogP contribution < -0.4 is 0 Å². The van der Waals surface area contributed by atoms with Crippen molar-refractivity contribution in [1.82, 2.24) is 0 Å². The van der Waals surface area contributed by atoms with Crippen molar-refractivity contribution in [3.8, 4) is 22.3 Å². The van der Waals surface area contributed by atoms with Crippen LogP contribution in [0.4, 0.5) is 0 Å². The molecule has 26 heavy (non-hydrogen) atoms. The maximum atomic E-state index is 10.8. The molecule has 0 radical (unpaired) electrons. The minimum atomic E-state index is -0.636. The highest BCUT2D eigenvalue weighted by atomic mass is 16.3. The lowest BCUT2D eigenvalue weighted by atomic mass is 9.95. The van der Waals surface area contributed by atoms with Crippen molar-refractivity contribution in [2.45, 2.75) is 6.10 Å². The Bertz CT molecular complexity index is 973. The van der Waals surface area contributed by atoms with Crippen molar-refractivity contribution in [3.63, 3.8) is 0 Å². The van der Waals surface area contributed by atoms with Crippen LogP contribution >= 0.6 is 0 Å². The number of aliphatic hydroxyl groups is 1. The van der Waals surface area contributed by atoms with Crippen LogP contribution in [0.1, 0.15) is 17.2 Å². The topological polar surface area (TPSA) is 20.2 Å². The van der Waals surface area contributed by atoms with E-state index in [0.29, 0.717) is 0 Å². The largest absolute Gasteiger partial charge is 0.384 e. The standard InChI is InChI=1S/C25H20O/c26-25(22-16-14-21(15-17-22)19-8-3-1-4-9-19)24-13-7-12-23(18-24)20-10-5-2-6-11-20/h1-18,25-26H. The highest BCUT2D eigenvalue weighted by Crippen LogP contribution is 2.28. The smallest absolute Gasteiger partial charge is 0.104 e. The summed E-state index contributed by atoms with van der Waals surface area (Å²) in [5.41, 5.74) is 6.40. The van der Waals surface area contributed by atoms with Gasteiger partial charge in [-0.2, -0.15) is 0 Å². The van der Waals surface area contributed by atoms with Crippen molar-refractivity contribution in [2.24, 2.45) is 0 Å². The van der Waals surface area contributed by atoms with Crippen molar-refractivity contribution in [1.29, 1.82) is 0 Å². The summed E-state index contributed by atoms with van der Waals surface area (Å²) in [6.07, 6.45) is -0.636. The second kappa shape index (κ2) is 7.38. The van der Waals surface area contributed by atoms with E-state index in [2.05, 4.69) is 48.5 Å². The quantitative estimate of drug-likeness (QED) is 0.477. The fourth-order valence-electron chi connectivity index (χ4n) is 3.20. The minimum Gasteiger partial charge on any atom is -0.384 e. The Morgan fingerprint density at radius 1 is 0.423 bits per heavy atom. The molecule has 4 aromatic rings. The van der Waals surface area contributed by atoms with Crippen molar-refractivity contribution in [2.75, 3.05) is 0 Å². The molecule has 1 nitrogen and oxygen atoms in total. The highest BCUT2D eigenvalue weighted by molar-refractivity contribution is 5.65. The summed E-state index contributed by atoms with van der Waals surface area (Å²) in [7, 11) is 0. The van der Waals surface area contributed by atoms with Crippen LogP contribution in [-0.4, -0.2) is 5.11 Å². The summed E-state index contributed by atoms with van der Waals surface area (Å²) in [5.74, 6) is 0. The van der Waals surface area contributed by atoms with E-state index in [4.69, 9.17) is 0 Å². The molecular weight excluding hydrogens is 316 g/mol. The molecule has 0 amide bonds. The first-order valence-electron chi connectivity index (χ1n) is 8.80. The molecule has 1 atom stereocenters. The molecule has 0 heterocycles. The average Bonchev–Trinajstić information content (AvgIpc) is 2.75. The third-order valence-electron chi connectivity index (χ3n) is 4.64. The van der Waals surface area contributed by atoms with Crippen LogP contribution in [0.2, 0.25) is 0 Å². The molecule has 0 aliphatic heterocycles. The van der Waals surface area contributed by atoms with Gasteiger partial charge in [0.05, 0.1) is 0 Å². The lowest BCUT2D eigenvalue weighted by Gasteiger charge is -2.14. The molecule has 0 fully saturated rings. The predicted molar refractivity (Wildman–Crippen MR) is 108 cm³/mol. The second-order valence-electron chi connectivity index (χ2n) is 6.38. The molecule has 1 heteroatoms. The lowest BCUT2D eigenvalue weighted by Crippen LogP contribution is -1.99. The SMILES string of the molecule is OC(c1ccc(-c2ccccc2)cc1)c1cccc(-c2ccccc2)c1. The number of benzene rings is 4. The van der Waals surface area contributed by atoms with Gasteiger partial charge >= 0.3 is 0 Å². The molecule has 0 saturated heterocycles. The van der Waals surface area contributed by atoms with Gasteiger partial charge in [0.25, 0.3) is 0 Å². The van der Waals surface area contributed by atoms with E-state index in [1.165, 1.54) is 5.56 Å². The van der Waals surface area contributed by atoms with Crippen molar-refractivity contribution >= 4 is 0 Å². The summed E-state index contributed by atoms with van der Waals surface area (Å²) in [6, 6.07) is 36.7. The maximum absolute atomic E-state index is 10.8. The number of aliphatic hydroxyl groups excluding tert-OH is 1. The molecule has 0 aliphatic carbocycles. The van der Waals surface area contributed by atoms with Gasteiger partial charge in [-0.3, -0.25) is 0 Å². The molecule has 126 valence electrons. The van der Waals surface area contributed by atoms with Gasteiger partial charge < -0.3 is 5.11 Å². The van der Waals surface area contributed by atoms with Gasteiger partial charge in [0, 0.05) is 0 Å². The lowest BCUT2D eigenvalue weighted by molar-refractivity contribution is 0.220.